The minimum atomic E-state index is -0.477. The molecule has 6 heteroatoms. The van der Waals surface area contributed by atoms with Gasteiger partial charge in [-0.15, -0.1) is 0 Å². The monoisotopic (exact) mass is 391 g/mol. The quantitative estimate of drug-likeness (QED) is 0.340. The minimum absolute atomic E-state index is 0.0386. The Morgan fingerprint density at radius 1 is 1.18 bits per heavy atom. The maximum absolute atomic E-state index is 11.9. The molecule has 0 heterocycles. The highest BCUT2D eigenvalue weighted by atomic mass is 16.5. The highest BCUT2D eigenvalue weighted by Gasteiger charge is 2.36. The van der Waals surface area contributed by atoms with Gasteiger partial charge in [0.05, 0.1) is 19.3 Å². The van der Waals surface area contributed by atoms with Crippen molar-refractivity contribution in [2.24, 2.45) is 5.73 Å². The Bertz CT molecular complexity index is 674. The lowest BCUT2D eigenvalue weighted by Crippen LogP contribution is -2.59. The first-order chi connectivity index (χ1) is 12.8. The number of esters is 1. The van der Waals surface area contributed by atoms with Crippen molar-refractivity contribution in [3.8, 4) is 0 Å². The fraction of sp³-hybridized carbons (Fsp3) is 0.636. The number of carbonyl (C=O) groups excluding carboxylic acids is 1. The molecule has 0 aromatic heterocycles. The zero-order valence-corrected chi connectivity index (χ0v) is 18.4. The first-order valence-electron chi connectivity index (χ1n) is 9.69. The van der Waals surface area contributed by atoms with Crippen molar-refractivity contribution in [2.45, 2.75) is 77.5 Å². The Morgan fingerprint density at radius 2 is 1.82 bits per heavy atom. The van der Waals surface area contributed by atoms with Gasteiger partial charge in [0.25, 0.3) is 0 Å². The van der Waals surface area contributed by atoms with Crippen molar-refractivity contribution in [3.63, 3.8) is 0 Å². The molecule has 0 unspecified atom stereocenters. The van der Waals surface area contributed by atoms with Gasteiger partial charge in [0.1, 0.15) is 5.84 Å². The van der Waals surface area contributed by atoms with E-state index < -0.39 is 5.54 Å². The first kappa shape index (κ1) is 24.1. The van der Waals surface area contributed by atoms with Crippen molar-refractivity contribution in [1.82, 2.24) is 5.32 Å². The standard InChI is InChI=1S/C22H37N3O3/c1-20(2,3)25-22(12-11-18(26)27-7,15-28-21(4,5)6)14-16-9-8-10-17(13-16)19(23)24/h8-10,13,25H,11-12,14-15H2,1-7H3,(H3,23,24)/t22-/m1/s1. The zero-order valence-electron chi connectivity index (χ0n) is 18.4. The topological polar surface area (TPSA) is 97.4 Å². The van der Waals surface area contributed by atoms with Crippen molar-refractivity contribution in [1.29, 1.82) is 5.41 Å². The highest BCUT2D eigenvalue weighted by molar-refractivity contribution is 5.95. The third-order valence-corrected chi connectivity index (χ3v) is 4.24. The molecular formula is C22H37N3O3. The summed E-state index contributed by atoms with van der Waals surface area (Å²) in [5.74, 6) is -0.204. The van der Waals surface area contributed by atoms with E-state index in [0.717, 1.165) is 5.56 Å². The van der Waals surface area contributed by atoms with Crippen molar-refractivity contribution in [3.05, 3.63) is 35.4 Å². The van der Waals surface area contributed by atoms with E-state index in [2.05, 4.69) is 26.1 Å². The van der Waals surface area contributed by atoms with E-state index in [-0.39, 0.29) is 22.9 Å². The molecular weight excluding hydrogens is 354 g/mol. The number of hydrogen-bond donors (Lipinski definition) is 3. The lowest BCUT2D eigenvalue weighted by Gasteiger charge is -2.42. The van der Waals surface area contributed by atoms with E-state index in [0.29, 0.717) is 31.4 Å². The number of nitrogens with two attached hydrogens (primary N) is 1. The van der Waals surface area contributed by atoms with Crippen LogP contribution < -0.4 is 11.1 Å². The summed E-state index contributed by atoms with van der Waals surface area (Å²) in [7, 11) is 1.41. The summed E-state index contributed by atoms with van der Waals surface area (Å²) < 4.78 is 11.0. The molecule has 6 nitrogen and oxygen atoms in total. The van der Waals surface area contributed by atoms with E-state index >= 15 is 0 Å². The van der Waals surface area contributed by atoms with Gasteiger partial charge in [-0.05, 0) is 66.0 Å². The van der Waals surface area contributed by atoms with Crippen LogP contribution in [0.4, 0.5) is 0 Å². The summed E-state index contributed by atoms with van der Waals surface area (Å²) in [5, 5.41) is 11.4. The van der Waals surface area contributed by atoms with Gasteiger partial charge in [0.2, 0.25) is 0 Å². The molecule has 0 spiro atoms. The van der Waals surface area contributed by atoms with E-state index in [9.17, 15) is 4.79 Å². The Kier molecular flexibility index (Phi) is 8.20. The molecule has 0 aliphatic heterocycles. The highest BCUT2D eigenvalue weighted by Crippen LogP contribution is 2.26. The summed E-state index contributed by atoms with van der Waals surface area (Å²) in [6.07, 6.45) is 1.50. The second-order valence-corrected chi connectivity index (χ2v) is 9.42. The Morgan fingerprint density at radius 3 is 2.32 bits per heavy atom. The van der Waals surface area contributed by atoms with Crippen LogP contribution in [0.3, 0.4) is 0 Å². The molecule has 28 heavy (non-hydrogen) atoms. The zero-order chi connectivity index (χ0) is 21.6. The summed E-state index contributed by atoms with van der Waals surface area (Å²) in [5.41, 5.74) is 6.41. The first-order valence-corrected chi connectivity index (χ1v) is 9.69. The van der Waals surface area contributed by atoms with Gasteiger partial charge < -0.3 is 20.5 Å². The molecule has 1 rings (SSSR count). The van der Waals surface area contributed by atoms with Crippen molar-refractivity contribution in [2.75, 3.05) is 13.7 Å². The van der Waals surface area contributed by atoms with Crippen LogP contribution >= 0.6 is 0 Å². The van der Waals surface area contributed by atoms with Gasteiger partial charge in [-0.2, -0.15) is 0 Å². The number of nitrogen functional groups attached to an aromatic ring is 1. The van der Waals surface area contributed by atoms with Gasteiger partial charge in [0.15, 0.2) is 0 Å². The van der Waals surface area contributed by atoms with Gasteiger partial charge in [-0.1, -0.05) is 18.2 Å². The summed E-state index contributed by atoms with van der Waals surface area (Å²) in [6.45, 7) is 12.8. The van der Waals surface area contributed by atoms with Crippen LogP contribution in [0.2, 0.25) is 0 Å². The lowest BCUT2D eigenvalue weighted by molar-refractivity contribution is -0.141. The summed E-state index contributed by atoms with van der Waals surface area (Å²) in [4.78, 5) is 11.9. The van der Waals surface area contributed by atoms with Gasteiger partial charge >= 0.3 is 5.97 Å². The number of ether oxygens (including phenoxy) is 2. The molecule has 0 aliphatic carbocycles. The molecule has 0 saturated heterocycles. The number of nitrogens with one attached hydrogen (secondary N) is 2. The number of amidine groups is 1. The largest absolute Gasteiger partial charge is 0.469 e. The normalized spacial score (nSPS) is 14.4. The Balaban J connectivity index is 3.27. The van der Waals surface area contributed by atoms with Gasteiger partial charge in [-0.25, -0.2) is 0 Å². The van der Waals surface area contributed by atoms with Crippen LogP contribution in [0, 0.1) is 5.41 Å². The minimum Gasteiger partial charge on any atom is -0.469 e. The SMILES string of the molecule is COC(=O)CC[C@](COC(C)(C)C)(Cc1cccc(C(=N)N)c1)NC(C)(C)C. The Hall–Kier alpha value is -1.92. The maximum Gasteiger partial charge on any atom is 0.305 e. The molecule has 1 aromatic carbocycles. The fourth-order valence-corrected chi connectivity index (χ4v) is 3.19. The molecule has 0 radical (unpaired) electrons. The maximum atomic E-state index is 11.9. The van der Waals surface area contributed by atoms with Crippen LogP contribution in [0.1, 0.15) is 65.5 Å². The smallest absolute Gasteiger partial charge is 0.305 e. The summed E-state index contributed by atoms with van der Waals surface area (Å²) >= 11 is 0. The van der Waals surface area contributed by atoms with Crippen LogP contribution in [0.25, 0.3) is 0 Å². The number of benzene rings is 1. The van der Waals surface area contributed by atoms with Crippen LogP contribution in [0.5, 0.6) is 0 Å². The molecule has 0 amide bonds. The van der Waals surface area contributed by atoms with E-state index in [1.165, 1.54) is 7.11 Å². The molecule has 0 bridgehead atoms. The molecule has 0 aliphatic rings. The third-order valence-electron chi connectivity index (χ3n) is 4.24. The van der Waals surface area contributed by atoms with Gasteiger partial charge in [-0.3, -0.25) is 10.2 Å². The second kappa shape index (κ2) is 9.52. The Labute approximate surface area is 169 Å². The number of methoxy groups -OCH3 is 1. The number of hydrogen-bond acceptors (Lipinski definition) is 5. The fourth-order valence-electron chi connectivity index (χ4n) is 3.19. The molecule has 1 atom stereocenters. The van der Waals surface area contributed by atoms with E-state index in [4.69, 9.17) is 20.6 Å². The lowest BCUT2D eigenvalue weighted by atomic mass is 9.84. The predicted molar refractivity (Wildman–Crippen MR) is 114 cm³/mol. The van der Waals surface area contributed by atoms with Crippen LogP contribution in [-0.4, -0.2) is 42.2 Å². The number of carbonyl (C=O) groups is 1. The molecule has 1 aromatic rings. The van der Waals surface area contributed by atoms with Crippen molar-refractivity contribution < 1.29 is 14.3 Å². The molecule has 0 fully saturated rings. The second-order valence-electron chi connectivity index (χ2n) is 9.42. The van der Waals surface area contributed by atoms with Crippen LogP contribution in [-0.2, 0) is 20.7 Å². The summed E-state index contributed by atoms with van der Waals surface area (Å²) in [6, 6.07) is 7.67. The average molecular weight is 392 g/mol. The van der Waals surface area contributed by atoms with E-state index in [1.807, 2.05) is 45.0 Å². The van der Waals surface area contributed by atoms with E-state index in [1.54, 1.807) is 0 Å². The predicted octanol–water partition coefficient (Wildman–Crippen LogP) is 3.41. The van der Waals surface area contributed by atoms with Crippen molar-refractivity contribution >= 4 is 11.8 Å². The molecule has 158 valence electrons. The molecule has 4 N–H and O–H groups in total. The van der Waals surface area contributed by atoms with Gasteiger partial charge in [0, 0.05) is 23.1 Å². The van der Waals surface area contributed by atoms with Crippen LogP contribution in [0.15, 0.2) is 24.3 Å². The average Bonchev–Trinajstić information content (AvgIpc) is 2.56. The third kappa shape index (κ3) is 8.85. The molecule has 0 saturated carbocycles. The number of rotatable bonds is 9.